The highest BCUT2D eigenvalue weighted by Crippen LogP contribution is 2.27. The summed E-state index contributed by atoms with van der Waals surface area (Å²) in [7, 11) is -4.43. The van der Waals surface area contributed by atoms with Crippen LogP contribution in [-0.4, -0.2) is 22.9 Å². The maximum atomic E-state index is 13.2. The van der Waals surface area contributed by atoms with Crippen molar-refractivity contribution in [2.75, 3.05) is 5.32 Å². The van der Waals surface area contributed by atoms with Crippen LogP contribution in [0.25, 0.3) is 0 Å². The van der Waals surface area contributed by atoms with Gasteiger partial charge in [-0.1, -0.05) is 17.7 Å². The molecule has 0 aliphatic carbocycles. The molecule has 1 heterocycles. The Kier molecular flexibility index (Phi) is 4.08. The third-order valence-electron chi connectivity index (χ3n) is 2.51. The van der Waals surface area contributed by atoms with Crippen LogP contribution in [0.3, 0.4) is 0 Å². The largest absolute Gasteiger partial charge is 0.339 e. The van der Waals surface area contributed by atoms with E-state index in [0.29, 0.717) is 5.56 Å². The van der Waals surface area contributed by atoms with Gasteiger partial charge in [-0.15, -0.1) is 0 Å². The van der Waals surface area contributed by atoms with Crippen molar-refractivity contribution in [2.45, 2.75) is 11.8 Å². The molecule has 2 rings (SSSR count). The van der Waals surface area contributed by atoms with Crippen LogP contribution in [0.15, 0.2) is 23.1 Å². The van der Waals surface area contributed by atoms with Gasteiger partial charge in [-0.3, -0.25) is 4.55 Å². The van der Waals surface area contributed by atoms with E-state index in [4.69, 9.17) is 16.2 Å². The number of rotatable bonds is 3. The van der Waals surface area contributed by atoms with E-state index in [0.717, 1.165) is 6.07 Å². The second-order valence-electron chi connectivity index (χ2n) is 4.03. The first-order valence-electron chi connectivity index (χ1n) is 5.42. The molecule has 21 heavy (non-hydrogen) atoms. The zero-order valence-electron chi connectivity index (χ0n) is 10.4. The summed E-state index contributed by atoms with van der Waals surface area (Å²) in [6.45, 7) is 1.48. The minimum Gasteiger partial charge on any atom is -0.339 e. The first-order chi connectivity index (χ1) is 9.68. The van der Waals surface area contributed by atoms with E-state index in [1.165, 1.54) is 19.1 Å². The van der Waals surface area contributed by atoms with E-state index in [9.17, 15) is 17.2 Å². The minimum absolute atomic E-state index is 0.118. The van der Waals surface area contributed by atoms with Gasteiger partial charge in [-0.05, 0) is 24.6 Å². The second kappa shape index (κ2) is 5.51. The fourth-order valence-electron chi connectivity index (χ4n) is 1.57. The number of hydrogen-bond donors (Lipinski definition) is 2. The zero-order chi connectivity index (χ0) is 15.8. The smallest absolute Gasteiger partial charge is 0.313 e. The summed E-state index contributed by atoms with van der Waals surface area (Å²) in [5, 5.41) is 1.90. The van der Waals surface area contributed by atoms with Crippen LogP contribution >= 0.6 is 11.6 Å². The number of benzene rings is 1. The lowest BCUT2D eigenvalue weighted by Crippen LogP contribution is -2.04. The van der Waals surface area contributed by atoms with Crippen molar-refractivity contribution in [3.8, 4) is 0 Å². The van der Waals surface area contributed by atoms with Crippen molar-refractivity contribution in [3.05, 3.63) is 40.8 Å². The molecular weight excluding hydrogens is 328 g/mol. The normalized spacial score (nSPS) is 11.5. The average molecular weight is 336 g/mol. The predicted molar refractivity (Wildman–Crippen MR) is 71.2 cm³/mol. The van der Waals surface area contributed by atoms with Gasteiger partial charge in [0.2, 0.25) is 5.95 Å². The monoisotopic (exact) mass is 335 g/mol. The number of aromatic nitrogens is 2. The van der Waals surface area contributed by atoms with Crippen molar-refractivity contribution in [3.63, 3.8) is 0 Å². The first kappa shape index (κ1) is 15.5. The number of nitrogens with zero attached hydrogens (tertiary/aromatic N) is 2. The van der Waals surface area contributed by atoms with Crippen LogP contribution in [0.5, 0.6) is 0 Å². The summed E-state index contributed by atoms with van der Waals surface area (Å²) in [6, 6.07) is 3.91. The Hall–Kier alpha value is -1.84. The molecule has 10 heteroatoms. The number of halogens is 3. The van der Waals surface area contributed by atoms with E-state index < -0.39 is 27.2 Å². The lowest BCUT2D eigenvalue weighted by Gasteiger charge is -2.10. The van der Waals surface area contributed by atoms with Crippen LogP contribution in [0.1, 0.15) is 5.56 Å². The van der Waals surface area contributed by atoms with Gasteiger partial charge in [0.15, 0.2) is 5.82 Å². The predicted octanol–water partition coefficient (Wildman–Crippen LogP) is 2.71. The molecule has 0 aliphatic rings. The Labute approximate surface area is 123 Å². The number of nitrogens with one attached hydrogen (secondary N) is 1. The number of hydrogen-bond acceptors (Lipinski definition) is 5. The van der Waals surface area contributed by atoms with Gasteiger partial charge in [0.1, 0.15) is 5.02 Å². The summed E-state index contributed by atoms with van der Waals surface area (Å²) >= 11 is 5.58. The fourth-order valence-corrected chi connectivity index (χ4v) is 2.45. The molecule has 6 nitrogen and oxygen atoms in total. The Bertz CT molecular complexity index is 815. The topological polar surface area (TPSA) is 92.2 Å². The summed E-state index contributed by atoms with van der Waals surface area (Å²) in [6.07, 6.45) is -1.33. The minimum atomic E-state index is -4.43. The molecular formula is C11H8ClF2N3O3S. The Balaban J connectivity index is 2.46. The molecule has 0 aliphatic heterocycles. The standard InChI is InChI=1S/C11H8ClF2N3O3S/c1-5-2-3-6(4-7(5)21(18,19)20)15-10-8(12)9(13)16-11(14)17-10/h2-4H,1H3,(H,15,16,17)(H,18,19,20). The fraction of sp³-hybridized carbons (Fsp3) is 0.0909. The third kappa shape index (κ3) is 3.43. The molecule has 0 amide bonds. The lowest BCUT2D eigenvalue weighted by molar-refractivity contribution is 0.481. The molecule has 0 fully saturated rings. The summed E-state index contributed by atoms with van der Waals surface area (Å²) in [4.78, 5) is 5.72. The quantitative estimate of drug-likeness (QED) is 0.509. The van der Waals surface area contributed by atoms with Crippen LogP contribution in [0.2, 0.25) is 5.02 Å². The molecule has 0 saturated carbocycles. The van der Waals surface area contributed by atoms with Crippen molar-refractivity contribution in [2.24, 2.45) is 0 Å². The molecule has 0 bridgehead atoms. The summed E-state index contributed by atoms with van der Waals surface area (Å²) in [5.74, 6) is -1.62. The summed E-state index contributed by atoms with van der Waals surface area (Å²) in [5.41, 5.74) is 0.418. The van der Waals surface area contributed by atoms with E-state index in [2.05, 4.69) is 15.3 Å². The highest BCUT2D eigenvalue weighted by molar-refractivity contribution is 7.85. The van der Waals surface area contributed by atoms with Gasteiger partial charge in [0, 0.05) is 5.69 Å². The van der Waals surface area contributed by atoms with E-state index in [1.54, 1.807) is 0 Å². The van der Waals surface area contributed by atoms with Gasteiger partial charge >= 0.3 is 6.08 Å². The molecule has 1 aromatic heterocycles. The zero-order valence-corrected chi connectivity index (χ0v) is 12.0. The van der Waals surface area contributed by atoms with Crippen molar-refractivity contribution in [1.82, 2.24) is 9.97 Å². The van der Waals surface area contributed by atoms with Crippen LogP contribution in [-0.2, 0) is 10.1 Å². The number of aryl methyl sites for hydroxylation is 1. The van der Waals surface area contributed by atoms with E-state index in [-0.39, 0.29) is 16.4 Å². The molecule has 0 unspecified atom stereocenters. The Morgan fingerprint density at radius 1 is 1.29 bits per heavy atom. The SMILES string of the molecule is Cc1ccc(Nc2nc(F)nc(F)c2Cl)cc1S(=O)(=O)O. The Morgan fingerprint density at radius 2 is 1.95 bits per heavy atom. The molecule has 0 saturated heterocycles. The van der Waals surface area contributed by atoms with Gasteiger partial charge < -0.3 is 5.32 Å². The molecule has 2 aromatic rings. The van der Waals surface area contributed by atoms with Gasteiger partial charge in [-0.25, -0.2) is 0 Å². The maximum Gasteiger partial charge on any atom is 0.313 e. The van der Waals surface area contributed by atoms with Crippen molar-refractivity contribution in [1.29, 1.82) is 0 Å². The Morgan fingerprint density at radius 3 is 2.57 bits per heavy atom. The molecule has 0 spiro atoms. The van der Waals surface area contributed by atoms with E-state index in [1.807, 2.05) is 0 Å². The maximum absolute atomic E-state index is 13.2. The highest BCUT2D eigenvalue weighted by atomic mass is 35.5. The molecule has 2 N–H and O–H groups in total. The van der Waals surface area contributed by atoms with Crippen molar-refractivity contribution < 1.29 is 21.8 Å². The van der Waals surface area contributed by atoms with Crippen LogP contribution in [0, 0.1) is 18.9 Å². The van der Waals surface area contributed by atoms with Crippen molar-refractivity contribution >= 4 is 33.2 Å². The second-order valence-corrected chi connectivity index (χ2v) is 5.79. The highest BCUT2D eigenvalue weighted by Gasteiger charge is 2.16. The van der Waals surface area contributed by atoms with Gasteiger partial charge in [-0.2, -0.15) is 27.2 Å². The van der Waals surface area contributed by atoms with Gasteiger partial charge in [0.05, 0.1) is 4.90 Å². The summed E-state index contributed by atoms with van der Waals surface area (Å²) < 4.78 is 57.6. The molecule has 112 valence electrons. The van der Waals surface area contributed by atoms with Crippen LogP contribution < -0.4 is 5.32 Å². The van der Waals surface area contributed by atoms with Gasteiger partial charge in [0.25, 0.3) is 10.1 Å². The third-order valence-corrected chi connectivity index (χ3v) is 3.84. The first-order valence-corrected chi connectivity index (χ1v) is 7.24. The lowest BCUT2D eigenvalue weighted by atomic mass is 10.2. The number of anilines is 2. The average Bonchev–Trinajstić information content (AvgIpc) is 2.36. The van der Waals surface area contributed by atoms with Crippen LogP contribution in [0.4, 0.5) is 20.3 Å². The molecule has 0 atom stereocenters. The molecule has 1 aromatic carbocycles. The van der Waals surface area contributed by atoms with E-state index >= 15 is 0 Å². The molecule has 0 radical (unpaired) electrons.